The number of rotatable bonds is 6. The highest BCUT2D eigenvalue weighted by atomic mass is 16.6. The molecule has 3 atom stereocenters. The molecular formula is C24H25NO7. The molecule has 0 unspecified atom stereocenters. The fourth-order valence-electron chi connectivity index (χ4n) is 4.66. The molecule has 32 heavy (non-hydrogen) atoms. The maximum Gasteiger partial charge on any atom is 0.338 e. The summed E-state index contributed by atoms with van der Waals surface area (Å²) in [6.45, 7) is 3.44. The zero-order chi connectivity index (χ0) is 22.9. The fraction of sp³-hybridized carbons (Fsp3) is 0.375. The first-order chi connectivity index (χ1) is 15.5. The molecule has 1 fully saturated rings. The van der Waals surface area contributed by atoms with Crippen LogP contribution in [0.2, 0.25) is 0 Å². The van der Waals surface area contributed by atoms with Gasteiger partial charge in [0, 0.05) is 11.5 Å². The summed E-state index contributed by atoms with van der Waals surface area (Å²) in [7, 11) is 1.53. The lowest BCUT2D eigenvalue weighted by molar-refractivity contribution is -0.166. The van der Waals surface area contributed by atoms with E-state index in [1.165, 1.54) is 7.11 Å². The predicted molar refractivity (Wildman–Crippen MR) is 113 cm³/mol. The Bertz CT molecular complexity index is 1020. The SMILES string of the molecule is CCOC(=O)C1(C(=O)OCC)N[C@H]2c3cc(OC)ccc3OC(=O)[C@H]2[C@@H]1c1ccccc1. The molecule has 2 aliphatic heterocycles. The zero-order valence-corrected chi connectivity index (χ0v) is 18.1. The molecule has 4 rings (SSSR count). The third-order valence-corrected chi connectivity index (χ3v) is 5.96. The summed E-state index contributed by atoms with van der Waals surface area (Å²) in [6, 6.07) is 13.3. The molecule has 2 aliphatic rings. The van der Waals surface area contributed by atoms with Gasteiger partial charge >= 0.3 is 17.9 Å². The summed E-state index contributed by atoms with van der Waals surface area (Å²) in [6.07, 6.45) is 0. The molecule has 8 heteroatoms. The van der Waals surface area contributed by atoms with Crippen molar-refractivity contribution >= 4 is 17.9 Å². The molecule has 0 spiro atoms. The number of ether oxygens (including phenoxy) is 4. The van der Waals surface area contributed by atoms with Crippen LogP contribution in [0.25, 0.3) is 0 Å². The molecule has 0 radical (unpaired) electrons. The molecule has 8 nitrogen and oxygen atoms in total. The number of nitrogens with one attached hydrogen (secondary N) is 1. The molecule has 0 bridgehead atoms. The van der Waals surface area contributed by atoms with Crippen molar-refractivity contribution in [2.24, 2.45) is 5.92 Å². The minimum Gasteiger partial charge on any atom is -0.497 e. The molecule has 2 heterocycles. The number of methoxy groups -OCH3 is 1. The van der Waals surface area contributed by atoms with Gasteiger partial charge in [-0.2, -0.15) is 0 Å². The van der Waals surface area contributed by atoms with E-state index in [-0.39, 0.29) is 13.2 Å². The molecule has 0 amide bonds. The molecule has 2 aromatic rings. The number of benzene rings is 2. The summed E-state index contributed by atoms with van der Waals surface area (Å²) in [5, 5.41) is 3.16. The maximum atomic E-state index is 13.4. The Morgan fingerprint density at radius 1 is 1.03 bits per heavy atom. The van der Waals surface area contributed by atoms with E-state index in [4.69, 9.17) is 18.9 Å². The highest BCUT2D eigenvalue weighted by Gasteiger charge is 2.68. The van der Waals surface area contributed by atoms with Crippen molar-refractivity contribution in [2.45, 2.75) is 31.3 Å². The summed E-state index contributed by atoms with van der Waals surface area (Å²) in [5.41, 5.74) is -0.686. The first-order valence-electron chi connectivity index (χ1n) is 10.5. The first kappa shape index (κ1) is 21.8. The van der Waals surface area contributed by atoms with Crippen LogP contribution in [0.15, 0.2) is 48.5 Å². The van der Waals surface area contributed by atoms with Crippen LogP contribution in [-0.2, 0) is 23.9 Å². The summed E-state index contributed by atoms with van der Waals surface area (Å²) >= 11 is 0. The van der Waals surface area contributed by atoms with E-state index in [2.05, 4.69) is 5.32 Å². The molecule has 0 saturated carbocycles. The Hall–Kier alpha value is -3.39. The predicted octanol–water partition coefficient (Wildman–Crippen LogP) is 2.52. The molecular weight excluding hydrogens is 414 g/mol. The number of fused-ring (bicyclic) bond motifs is 3. The van der Waals surface area contributed by atoms with Gasteiger partial charge in [-0.05, 0) is 37.6 Å². The van der Waals surface area contributed by atoms with Gasteiger partial charge in [0.1, 0.15) is 11.5 Å². The van der Waals surface area contributed by atoms with Crippen molar-refractivity contribution in [1.29, 1.82) is 0 Å². The van der Waals surface area contributed by atoms with Gasteiger partial charge in [0.25, 0.3) is 0 Å². The van der Waals surface area contributed by atoms with Crippen molar-refractivity contribution in [3.63, 3.8) is 0 Å². The van der Waals surface area contributed by atoms with E-state index < -0.39 is 41.3 Å². The van der Waals surface area contributed by atoms with Gasteiger partial charge in [0.2, 0.25) is 5.54 Å². The highest BCUT2D eigenvalue weighted by molar-refractivity contribution is 6.08. The largest absolute Gasteiger partial charge is 0.497 e. The van der Waals surface area contributed by atoms with Gasteiger partial charge in [0.15, 0.2) is 0 Å². The van der Waals surface area contributed by atoms with Crippen molar-refractivity contribution in [2.75, 3.05) is 20.3 Å². The topological polar surface area (TPSA) is 100 Å². The van der Waals surface area contributed by atoms with E-state index in [9.17, 15) is 14.4 Å². The number of hydrogen-bond acceptors (Lipinski definition) is 8. The van der Waals surface area contributed by atoms with Crippen molar-refractivity contribution in [3.05, 3.63) is 59.7 Å². The Kier molecular flexibility index (Phi) is 5.88. The van der Waals surface area contributed by atoms with Gasteiger partial charge in [0.05, 0.1) is 32.3 Å². The van der Waals surface area contributed by atoms with Gasteiger partial charge in [-0.15, -0.1) is 0 Å². The molecule has 168 valence electrons. The van der Waals surface area contributed by atoms with Crippen LogP contribution in [0.3, 0.4) is 0 Å². The second kappa shape index (κ2) is 8.63. The average Bonchev–Trinajstić information content (AvgIpc) is 3.18. The normalized spacial score (nSPS) is 22.8. The monoisotopic (exact) mass is 439 g/mol. The summed E-state index contributed by atoms with van der Waals surface area (Å²) in [4.78, 5) is 40.0. The van der Waals surface area contributed by atoms with Crippen LogP contribution in [0.5, 0.6) is 11.5 Å². The third-order valence-electron chi connectivity index (χ3n) is 5.96. The lowest BCUT2D eigenvalue weighted by Gasteiger charge is -2.32. The van der Waals surface area contributed by atoms with Crippen LogP contribution in [0.4, 0.5) is 0 Å². The molecule has 1 N–H and O–H groups in total. The van der Waals surface area contributed by atoms with Crippen molar-refractivity contribution < 1.29 is 33.3 Å². The van der Waals surface area contributed by atoms with E-state index >= 15 is 0 Å². The third kappa shape index (κ3) is 3.31. The number of hydrogen-bond donors (Lipinski definition) is 1. The Morgan fingerprint density at radius 2 is 1.69 bits per heavy atom. The lowest BCUT2D eigenvalue weighted by Crippen LogP contribution is -2.59. The van der Waals surface area contributed by atoms with Crippen LogP contribution in [0, 0.1) is 5.92 Å². The Labute approximate surface area is 185 Å². The first-order valence-corrected chi connectivity index (χ1v) is 10.5. The average molecular weight is 439 g/mol. The zero-order valence-electron chi connectivity index (χ0n) is 18.1. The summed E-state index contributed by atoms with van der Waals surface area (Å²) < 4.78 is 21.7. The smallest absolute Gasteiger partial charge is 0.338 e. The van der Waals surface area contributed by atoms with Crippen molar-refractivity contribution in [3.8, 4) is 11.5 Å². The minimum absolute atomic E-state index is 0.0629. The molecule has 2 aromatic carbocycles. The second-order valence-electron chi connectivity index (χ2n) is 7.61. The Balaban J connectivity index is 1.95. The van der Waals surface area contributed by atoms with Crippen LogP contribution in [0.1, 0.15) is 36.9 Å². The minimum atomic E-state index is -1.92. The molecule has 0 aliphatic carbocycles. The highest BCUT2D eigenvalue weighted by Crippen LogP contribution is 2.54. The van der Waals surface area contributed by atoms with E-state index in [1.54, 1.807) is 56.3 Å². The van der Waals surface area contributed by atoms with Crippen LogP contribution in [-0.4, -0.2) is 43.8 Å². The summed E-state index contributed by atoms with van der Waals surface area (Å²) in [5.74, 6) is -2.99. The molecule has 0 aromatic heterocycles. The van der Waals surface area contributed by atoms with E-state index in [0.717, 1.165) is 0 Å². The van der Waals surface area contributed by atoms with Gasteiger partial charge in [-0.25, -0.2) is 9.59 Å². The number of carbonyl (C=O) groups is 3. The van der Waals surface area contributed by atoms with Crippen LogP contribution < -0.4 is 14.8 Å². The maximum absolute atomic E-state index is 13.4. The molecule has 1 saturated heterocycles. The van der Waals surface area contributed by atoms with Crippen molar-refractivity contribution in [1.82, 2.24) is 5.32 Å². The Morgan fingerprint density at radius 3 is 2.28 bits per heavy atom. The fourth-order valence-corrected chi connectivity index (χ4v) is 4.66. The van der Waals surface area contributed by atoms with Gasteiger partial charge < -0.3 is 18.9 Å². The standard InChI is InChI=1S/C24H25NO7/c1-4-30-22(27)24(23(28)31-5-2)19(14-9-7-6-8-10-14)18-20(25-24)16-13-15(29-3)11-12-17(16)32-21(18)26/h6-13,18-20,25H,4-5H2,1-3H3/t18-,19-,20-/m0/s1. The quantitative estimate of drug-likeness (QED) is 0.416. The van der Waals surface area contributed by atoms with Crippen LogP contribution >= 0.6 is 0 Å². The number of carbonyl (C=O) groups excluding carboxylic acids is 3. The second-order valence-corrected chi connectivity index (χ2v) is 7.61. The van der Waals surface area contributed by atoms with E-state index in [1.807, 2.05) is 6.07 Å². The number of esters is 3. The van der Waals surface area contributed by atoms with Gasteiger partial charge in [-0.3, -0.25) is 10.1 Å². The lowest BCUT2D eigenvalue weighted by atomic mass is 9.73. The van der Waals surface area contributed by atoms with E-state index in [0.29, 0.717) is 22.6 Å². The van der Waals surface area contributed by atoms with Gasteiger partial charge in [-0.1, -0.05) is 30.3 Å².